The molecule has 0 aliphatic rings. The number of aryl methyl sites for hydroxylation is 1. The third-order valence-electron chi connectivity index (χ3n) is 4.08. The van der Waals surface area contributed by atoms with Crippen LogP contribution >= 0.6 is 0 Å². The third kappa shape index (κ3) is 5.67. The summed E-state index contributed by atoms with van der Waals surface area (Å²) in [4.78, 5) is 16.3. The zero-order valence-corrected chi connectivity index (χ0v) is 15.4. The van der Waals surface area contributed by atoms with Crippen LogP contribution < -0.4 is 10.1 Å². The predicted octanol–water partition coefficient (Wildman–Crippen LogP) is 3.56. The lowest BCUT2D eigenvalue weighted by atomic mass is 10.1. The summed E-state index contributed by atoms with van der Waals surface area (Å²) in [6.45, 7) is 2.99. The molecule has 2 aromatic carbocycles. The molecule has 0 atom stereocenters. The van der Waals surface area contributed by atoms with Gasteiger partial charge in [-0.05, 0) is 31.0 Å². The summed E-state index contributed by atoms with van der Waals surface area (Å²) in [6, 6.07) is 17.5. The molecule has 0 saturated carbocycles. The van der Waals surface area contributed by atoms with Crippen molar-refractivity contribution < 1.29 is 14.1 Å². The SMILES string of the molecule is Cc1ccccc1-c1noc(CCNC(=O)CCCOc2ccccc2)n1. The lowest BCUT2D eigenvalue weighted by molar-refractivity contribution is -0.121. The van der Waals surface area contributed by atoms with E-state index in [0.717, 1.165) is 16.9 Å². The summed E-state index contributed by atoms with van der Waals surface area (Å²) in [6.07, 6.45) is 1.59. The molecule has 0 fully saturated rings. The number of amides is 1. The molecular weight excluding hydrogens is 342 g/mol. The lowest BCUT2D eigenvalue weighted by Crippen LogP contribution is -2.25. The van der Waals surface area contributed by atoms with Crippen LogP contribution in [0.3, 0.4) is 0 Å². The Kier molecular flexibility index (Phi) is 6.57. The Hall–Kier alpha value is -3.15. The molecule has 0 aliphatic carbocycles. The molecule has 0 aliphatic heterocycles. The van der Waals surface area contributed by atoms with E-state index in [9.17, 15) is 4.79 Å². The summed E-state index contributed by atoms with van der Waals surface area (Å²) in [7, 11) is 0. The fraction of sp³-hybridized carbons (Fsp3) is 0.286. The molecule has 0 radical (unpaired) electrons. The highest BCUT2D eigenvalue weighted by Gasteiger charge is 2.10. The third-order valence-corrected chi connectivity index (χ3v) is 4.08. The van der Waals surface area contributed by atoms with Crippen molar-refractivity contribution >= 4 is 5.91 Å². The van der Waals surface area contributed by atoms with Crippen molar-refractivity contribution in [2.24, 2.45) is 0 Å². The Morgan fingerprint density at radius 2 is 1.89 bits per heavy atom. The van der Waals surface area contributed by atoms with Gasteiger partial charge >= 0.3 is 0 Å². The number of rotatable bonds is 9. The van der Waals surface area contributed by atoms with Crippen molar-refractivity contribution in [3.05, 3.63) is 66.1 Å². The van der Waals surface area contributed by atoms with Crippen molar-refractivity contribution in [1.29, 1.82) is 0 Å². The van der Waals surface area contributed by atoms with E-state index in [1.807, 2.05) is 61.5 Å². The second-order valence-electron chi connectivity index (χ2n) is 6.19. The largest absolute Gasteiger partial charge is 0.494 e. The zero-order valence-electron chi connectivity index (χ0n) is 15.4. The van der Waals surface area contributed by atoms with Crippen LogP contribution in [0.25, 0.3) is 11.4 Å². The fourth-order valence-electron chi connectivity index (χ4n) is 2.63. The highest BCUT2D eigenvalue weighted by atomic mass is 16.5. The van der Waals surface area contributed by atoms with Gasteiger partial charge in [-0.3, -0.25) is 4.79 Å². The second kappa shape index (κ2) is 9.52. The maximum absolute atomic E-state index is 11.9. The Labute approximate surface area is 158 Å². The van der Waals surface area contributed by atoms with Crippen LogP contribution in [0.4, 0.5) is 0 Å². The molecule has 6 nitrogen and oxygen atoms in total. The number of nitrogens with zero attached hydrogens (tertiary/aromatic N) is 2. The van der Waals surface area contributed by atoms with E-state index in [0.29, 0.717) is 44.1 Å². The maximum atomic E-state index is 11.9. The average molecular weight is 365 g/mol. The van der Waals surface area contributed by atoms with Gasteiger partial charge in [0.15, 0.2) is 0 Å². The number of benzene rings is 2. The van der Waals surface area contributed by atoms with Crippen LogP contribution in [0.15, 0.2) is 59.1 Å². The predicted molar refractivity (Wildman–Crippen MR) is 102 cm³/mol. The van der Waals surface area contributed by atoms with Gasteiger partial charge in [-0.2, -0.15) is 4.98 Å². The van der Waals surface area contributed by atoms with Crippen LogP contribution in [0, 0.1) is 6.92 Å². The molecule has 1 aromatic heterocycles. The van der Waals surface area contributed by atoms with Crippen molar-refractivity contribution in [3.8, 4) is 17.1 Å². The van der Waals surface area contributed by atoms with Crippen molar-refractivity contribution in [1.82, 2.24) is 15.5 Å². The molecule has 0 spiro atoms. The highest BCUT2D eigenvalue weighted by Crippen LogP contribution is 2.19. The van der Waals surface area contributed by atoms with Crippen molar-refractivity contribution in [2.75, 3.05) is 13.2 Å². The van der Waals surface area contributed by atoms with Crippen LogP contribution in [0.1, 0.15) is 24.3 Å². The number of nitrogens with one attached hydrogen (secondary N) is 1. The number of hydrogen-bond donors (Lipinski definition) is 1. The second-order valence-corrected chi connectivity index (χ2v) is 6.19. The highest BCUT2D eigenvalue weighted by molar-refractivity contribution is 5.75. The van der Waals surface area contributed by atoms with Gasteiger partial charge < -0.3 is 14.6 Å². The van der Waals surface area contributed by atoms with Gasteiger partial charge in [-0.15, -0.1) is 0 Å². The summed E-state index contributed by atoms with van der Waals surface area (Å²) >= 11 is 0. The number of ether oxygens (including phenoxy) is 1. The average Bonchev–Trinajstić information content (AvgIpc) is 3.15. The molecule has 3 aromatic rings. The van der Waals surface area contributed by atoms with Crippen molar-refractivity contribution in [3.63, 3.8) is 0 Å². The first-order valence-electron chi connectivity index (χ1n) is 9.05. The van der Waals surface area contributed by atoms with Gasteiger partial charge in [0.1, 0.15) is 5.75 Å². The molecule has 3 rings (SSSR count). The van der Waals surface area contributed by atoms with Gasteiger partial charge in [-0.1, -0.05) is 47.6 Å². The number of para-hydroxylation sites is 1. The van der Waals surface area contributed by atoms with E-state index in [4.69, 9.17) is 9.26 Å². The zero-order chi connectivity index (χ0) is 18.9. The van der Waals surface area contributed by atoms with E-state index in [-0.39, 0.29) is 5.91 Å². The first-order valence-corrected chi connectivity index (χ1v) is 9.05. The molecule has 6 heteroatoms. The molecule has 27 heavy (non-hydrogen) atoms. The standard InChI is InChI=1S/C21H23N3O3/c1-16-8-5-6-11-18(16)21-23-20(27-24-21)13-14-22-19(25)12-7-15-26-17-9-3-2-4-10-17/h2-6,8-11H,7,12-15H2,1H3,(H,22,25). The summed E-state index contributed by atoms with van der Waals surface area (Å²) < 4.78 is 10.8. The Morgan fingerprint density at radius 3 is 2.70 bits per heavy atom. The minimum atomic E-state index is -0.00898. The van der Waals surface area contributed by atoms with Gasteiger partial charge in [-0.25, -0.2) is 0 Å². The van der Waals surface area contributed by atoms with E-state index < -0.39 is 0 Å². The molecule has 1 heterocycles. The number of carbonyl (C=O) groups is 1. The molecule has 1 N–H and O–H groups in total. The smallest absolute Gasteiger partial charge is 0.228 e. The monoisotopic (exact) mass is 365 g/mol. The molecular formula is C21H23N3O3. The van der Waals surface area contributed by atoms with Crippen LogP contribution in [-0.4, -0.2) is 29.2 Å². The maximum Gasteiger partial charge on any atom is 0.228 e. The van der Waals surface area contributed by atoms with Crippen molar-refractivity contribution in [2.45, 2.75) is 26.2 Å². The molecule has 0 bridgehead atoms. The van der Waals surface area contributed by atoms with Gasteiger partial charge in [0.2, 0.25) is 17.6 Å². The van der Waals surface area contributed by atoms with Gasteiger partial charge in [0.25, 0.3) is 0 Å². The van der Waals surface area contributed by atoms with Gasteiger partial charge in [0, 0.05) is 24.9 Å². The van der Waals surface area contributed by atoms with Gasteiger partial charge in [0.05, 0.1) is 6.61 Å². The normalized spacial score (nSPS) is 10.6. The topological polar surface area (TPSA) is 77.2 Å². The van der Waals surface area contributed by atoms with Crippen LogP contribution in [0.2, 0.25) is 0 Å². The first-order chi connectivity index (χ1) is 13.2. The molecule has 140 valence electrons. The lowest BCUT2D eigenvalue weighted by Gasteiger charge is -2.06. The quantitative estimate of drug-likeness (QED) is 0.587. The molecule has 0 saturated heterocycles. The van der Waals surface area contributed by atoms with E-state index in [1.165, 1.54) is 0 Å². The summed E-state index contributed by atoms with van der Waals surface area (Å²) in [5.74, 6) is 1.90. The van der Waals surface area contributed by atoms with E-state index >= 15 is 0 Å². The van der Waals surface area contributed by atoms with Crippen LogP contribution in [-0.2, 0) is 11.2 Å². The minimum absolute atomic E-state index is 0.00898. The fourth-order valence-corrected chi connectivity index (χ4v) is 2.63. The van der Waals surface area contributed by atoms with E-state index in [2.05, 4.69) is 15.5 Å². The summed E-state index contributed by atoms with van der Waals surface area (Å²) in [5, 5.41) is 6.89. The molecule has 0 unspecified atom stereocenters. The first kappa shape index (κ1) is 18.6. The number of carbonyl (C=O) groups excluding carboxylic acids is 1. The Bertz CT molecular complexity index is 862. The number of aromatic nitrogens is 2. The summed E-state index contributed by atoms with van der Waals surface area (Å²) in [5.41, 5.74) is 2.05. The minimum Gasteiger partial charge on any atom is -0.494 e. The van der Waals surface area contributed by atoms with E-state index in [1.54, 1.807) is 0 Å². The molecule has 1 amide bonds. The Balaban J connectivity index is 1.35. The number of hydrogen-bond acceptors (Lipinski definition) is 5. The Morgan fingerprint density at radius 1 is 1.11 bits per heavy atom. The van der Waals surface area contributed by atoms with Crippen LogP contribution in [0.5, 0.6) is 5.75 Å².